The van der Waals surface area contributed by atoms with Crippen LogP contribution in [0.4, 0.5) is 23.0 Å². The number of aromatic nitrogens is 2. The topological polar surface area (TPSA) is 110 Å². The lowest BCUT2D eigenvalue weighted by Gasteiger charge is -2.31. The number of ether oxygens (including phenoxy) is 1. The van der Waals surface area contributed by atoms with Gasteiger partial charge in [-0.3, -0.25) is 14.9 Å². The maximum absolute atomic E-state index is 11.9. The van der Waals surface area contributed by atoms with Crippen LogP contribution < -0.4 is 10.2 Å². The Hall–Kier alpha value is -3.23. The molecule has 0 amide bonds. The zero-order chi connectivity index (χ0) is 21.0. The van der Waals surface area contributed by atoms with E-state index in [1.54, 1.807) is 6.92 Å². The van der Waals surface area contributed by atoms with E-state index in [1.807, 2.05) is 36.9 Å². The third kappa shape index (κ3) is 4.44. The molecule has 1 aliphatic rings. The van der Waals surface area contributed by atoms with Gasteiger partial charge >= 0.3 is 11.7 Å². The molecule has 1 saturated heterocycles. The number of rotatable bonds is 6. The van der Waals surface area contributed by atoms with E-state index < -0.39 is 4.92 Å². The Labute approximate surface area is 169 Å². The predicted molar refractivity (Wildman–Crippen MR) is 109 cm³/mol. The molecule has 1 aromatic heterocycles. The van der Waals surface area contributed by atoms with Gasteiger partial charge in [-0.15, -0.1) is 0 Å². The van der Waals surface area contributed by atoms with E-state index in [1.165, 1.54) is 6.33 Å². The minimum Gasteiger partial charge on any atom is -0.466 e. The van der Waals surface area contributed by atoms with Gasteiger partial charge in [-0.2, -0.15) is 0 Å². The molecule has 1 N–H and O–H groups in total. The smallest absolute Gasteiger partial charge is 0.353 e. The molecule has 3 rings (SSSR count). The lowest BCUT2D eigenvalue weighted by Crippen LogP contribution is -2.37. The molecule has 2 aromatic rings. The van der Waals surface area contributed by atoms with E-state index in [0.717, 1.165) is 16.8 Å². The van der Waals surface area contributed by atoms with Crippen molar-refractivity contribution in [3.63, 3.8) is 0 Å². The van der Waals surface area contributed by atoms with Crippen LogP contribution in [0.3, 0.4) is 0 Å². The molecule has 1 fully saturated rings. The van der Waals surface area contributed by atoms with Gasteiger partial charge < -0.3 is 15.0 Å². The van der Waals surface area contributed by atoms with Crippen LogP contribution >= 0.6 is 0 Å². The Balaban J connectivity index is 1.85. The molecule has 0 aliphatic carbocycles. The van der Waals surface area contributed by atoms with Crippen molar-refractivity contribution in [1.82, 2.24) is 9.97 Å². The molecule has 0 saturated carbocycles. The highest BCUT2D eigenvalue weighted by Gasteiger charge is 2.32. The van der Waals surface area contributed by atoms with Crippen molar-refractivity contribution in [2.45, 2.75) is 33.6 Å². The van der Waals surface area contributed by atoms with Crippen molar-refractivity contribution in [2.75, 3.05) is 29.9 Å². The van der Waals surface area contributed by atoms with Crippen LogP contribution in [-0.2, 0) is 9.53 Å². The number of nitro groups is 1. The summed E-state index contributed by atoms with van der Waals surface area (Å²) in [5, 5.41) is 15.0. The maximum atomic E-state index is 11.9. The highest BCUT2D eigenvalue weighted by Crippen LogP contribution is 2.36. The molecule has 29 heavy (non-hydrogen) atoms. The minimum absolute atomic E-state index is 0.154. The molecule has 0 atom stereocenters. The molecule has 9 nitrogen and oxygen atoms in total. The standard InChI is InChI=1S/C20H25N5O4/c1-4-29-20(26)15-8-10-24(11-9-15)19-17(25(27)28)18(21-12-22-19)23-16-7-5-6-13(2)14(16)3/h5-7,12,15H,4,8-11H2,1-3H3,(H,21,22,23). The first-order valence-corrected chi connectivity index (χ1v) is 9.66. The Bertz CT molecular complexity index is 910. The van der Waals surface area contributed by atoms with E-state index in [0.29, 0.717) is 32.5 Å². The van der Waals surface area contributed by atoms with Gasteiger partial charge in [0.05, 0.1) is 17.4 Å². The van der Waals surface area contributed by atoms with Crippen LogP contribution in [0.15, 0.2) is 24.5 Å². The number of carbonyl (C=O) groups excluding carboxylic acids is 1. The fraction of sp³-hybridized carbons (Fsp3) is 0.450. The van der Waals surface area contributed by atoms with Crippen molar-refractivity contribution in [2.24, 2.45) is 5.92 Å². The zero-order valence-electron chi connectivity index (χ0n) is 16.8. The normalized spacial score (nSPS) is 14.5. The summed E-state index contributed by atoms with van der Waals surface area (Å²) in [5.41, 5.74) is 2.67. The summed E-state index contributed by atoms with van der Waals surface area (Å²) in [6.07, 6.45) is 2.46. The second kappa shape index (κ2) is 8.85. The van der Waals surface area contributed by atoms with Gasteiger partial charge in [-0.25, -0.2) is 9.97 Å². The van der Waals surface area contributed by atoms with Gasteiger partial charge in [0, 0.05) is 18.8 Å². The van der Waals surface area contributed by atoms with Crippen molar-refractivity contribution in [3.8, 4) is 0 Å². The summed E-state index contributed by atoms with van der Waals surface area (Å²) >= 11 is 0. The molecule has 154 valence electrons. The fourth-order valence-electron chi connectivity index (χ4n) is 3.46. The van der Waals surface area contributed by atoms with E-state index in [9.17, 15) is 14.9 Å². The maximum Gasteiger partial charge on any atom is 0.353 e. The lowest BCUT2D eigenvalue weighted by molar-refractivity contribution is -0.383. The molecular weight excluding hydrogens is 374 g/mol. The van der Waals surface area contributed by atoms with E-state index in [2.05, 4.69) is 15.3 Å². The van der Waals surface area contributed by atoms with Crippen molar-refractivity contribution in [1.29, 1.82) is 0 Å². The fourth-order valence-corrected chi connectivity index (χ4v) is 3.46. The van der Waals surface area contributed by atoms with E-state index in [4.69, 9.17) is 4.74 Å². The van der Waals surface area contributed by atoms with Gasteiger partial charge in [0.1, 0.15) is 6.33 Å². The Kier molecular flexibility index (Phi) is 6.26. The number of carbonyl (C=O) groups is 1. The number of nitrogens with one attached hydrogen (secondary N) is 1. The van der Waals surface area contributed by atoms with Crippen LogP contribution in [-0.4, -0.2) is 40.6 Å². The summed E-state index contributed by atoms with van der Waals surface area (Å²) in [4.78, 5) is 33.5. The van der Waals surface area contributed by atoms with Crippen LogP contribution in [0, 0.1) is 29.9 Å². The summed E-state index contributed by atoms with van der Waals surface area (Å²) in [6, 6.07) is 5.73. The first-order chi connectivity index (χ1) is 13.9. The number of piperidine rings is 1. The Morgan fingerprint density at radius 2 is 2.03 bits per heavy atom. The third-order valence-corrected chi connectivity index (χ3v) is 5.26. The van der Waals surface area contributed by atoms with Crippen LogP contribution in [0.5, 0.6) is 0 Å². The minimum atomic E-state index is -0.458. The third-order valence-electron chi connectivity index (χ3n) is 5.26. The molecule has 1 aromatic carbocycles. The second-order valence-corrected chi connectivity index (χ2v) is 7.04. The first kappa shape index (κ1) is 20.5. The van der Waals surface area contributed by atoms with Crippen LogP contribution in [0.1, 0.15) is 30.9 Å². The zero-order valence-corrected chi connectivity index (χ0v) is 16.8. The van der Waals surface area contributed by atoms with E-state index >= 15 is 0 Å². The van der Waals surface area contributed by atoms with E-state index in [-0.39, 0.29) is 29.2 Å². The molecular formula is C20H25N5O4. The molecule has 0 bridgehead atoms. The first-order valence-electron chi connectivity index (χ1n) is 9.66. The average molecular weight is 399 g/mol. The van der Waals surface area contributed by atoms with Gasteiger partial charge in [0.25, 0.3) is 0 Å². The van der Waals surface area contributed by atoms with Crippen LogP contribution in [0.25, 0.3) is 0 Å². The highest BCUT2D eigenvalue weighted by atomic mass is 16.6. The number of hydrogen-bond acceptors (Lipinski definition) is 8. The van der Waals surface area contributed by atoms with Crippen LogP contribution in [0.2, 0.25) is 0 Å². The second-order valence-electron chi connectivity index (χ2n) is 7.04. The summed E-state index contributed by atoms with van der Waals surface area (Å²) < 4.78 is 5.09. The predicted octanol–water partition coefficient (Wildman–Crippen LogP) is 3.52. The number of hydrogen-bond donors (Lipinski definition) is 1. The van der Waals surface area contributed by atoms with Gasteiger partial charge in [-0.1, -0.05) is 12.1 Å². The number of nitrogens with zero attached hydrogens (tertiary/aromatic N) is 4. The summed E-state index contributed by atoms with van der Waals surface area (Å²) in [5.74, 6) is 0.0302. The highest BCUT2D eigenvalue weighted by molar-refractivity contribution is 5.76. The van der Waals surface area contributed by atoms with Gasteiger partial charge in [-0.05, 0) is 50.8 Å². The number of aryl methyl sites for hydroxylation is 1. The molecule has 9 heteroatoms. The largest absolute Gasteiger partial charge is 0.466 e. The molecule has 0 spiro atoms. The Morgan fingerprint density at radius 1 is 1.31 bits per heavy atom. The quantitative estimate of drug-likeness (QED) is 0.446. The van der Waals surface area contributed by atoms with Gasteiger partial charge in [0.2, 0.25) is 11.6 Å². The summed E-state index contributed by atoms with van der Waals surface area (Å²) in [6.45, 7) is 7.04. The average Bonchev–Trinajstić information content (AvgIpc) is 2.71. The molecule has 0 radical (unpaired) electrons. The number of benzene rings is 1. The van der Waals surface area contributed by atoms with Crippen molar-refractivity contribution >= 4 is 29.0 Å². The molecule has 0 unspecified atom stereocenters. The summed E-state index contributed by atoms with van der Waals surface area (Å²) in [7, 11) is 0. The number of anilines is 3. The van der Waals surface area contributed by atoms with Crippen molar-refractivity contribution < 1.29 is 14.5 Å². The lowest BCUT2D eigenvalue weighted by atomic mass is 9.97. The van der Waals surface area contributed by atoms with Crippen molar-refractivity contribution in [3.05, 3.63) is 45.8 Å². The van der Waals surface area contributed by atoms with Gasteiger partial charge in [0.15, 0.2) is 0 Å². The monoisotopic (exact) mass is 399 g/mol. The SMILES string of the molecule is CCOC(=O)C1CCN(c2ncnc(Nc3cccc(C)c3C)c2[N+](=O)[O-])CC1. The molecule has 2 heterocycles. The number of esters is 1. The Morgan fingerprint density at radius 3 is 2.69 bits per heavy atom. The molecule has 1 aliphatic heterocycles.